The SMILES string of the molecule is NCc1ccccc1CC(=O)NCC1(O)CCOCC1. The fourth-order valence-electron chi connectivity index (χ4n) is 2.36. The highest BCUT2D eigenvalue weighted by atomic mass is 16.5. The van der Waals surface area contributed by atoms with Gasteiger partial charge in [0.05, 0.1) is 12.0 Å². The minimum absolute atomic E-state index is 0.0918. The molecule has 20 heavy (non-hydrogen) atoms. The number of amides is 1. The van der Waals surface area contributed by atoms with Gasteiger partial charge >= 0.3 is 0 Å². The molecule has 4 N–H and O–H groups in total. The minimum Gasteiger partial charge on any atom is -0.388 e. The maximum atomic E-state index is 12.0. The Morgan fingerprint density at radius 2 is 1.95 bits per heavy atom. The van der Waals surface area contributed by atoms with Gasteiger partial charge in [-0.05, 0) is 11.1 Å². The van der Waals surface area contributed by atoms with E-state index in [0.29, 0.717) is 39.0 Å². The monoisotopic (exact) mass is 278 g/mol. The molecule has 2 rings (SSSR count). The average Bonchev–Trinajstić information content (AvgIpc) is 2.47. The van der Waals surface area contributed by atoms with E-state index in [1.807, 2.05) is 24.3 Å². The molecule has 1 aliphatic rings. The number of aliphatic hydroxyl groups is 1. The standard InChI is InChI=1S/C15H22N2O3/c16-10-13-4-2-1-3-12(13)9-14(18)17-11-15(19)5-7-20-8-6-15/h1-4,19H,5-11,16H2,(H,17,18). The summed E-state index contributed by atoms with van der Waals surface area (Å²) in [5.41, 5.74) is 6.74. The molecule has 1 heterocycles. The van der Waals surface area contributed by atoms with Crippen molar-refractivity contribution >= 4 is 5.91 Å². The summed E-state index contributed by atoms with van der Waals surface area (Å²) in [4.78, 5) is 12.0. The van der Waals surface area contributed by atoms with E-state index < -0.39 is 5.60 Å². The third-order valence-electron chi connectivity index (χ3n) is 3.73. The van der Waals surface area contributed by atoms with E-state index >= 15 is 0 Å². The molecule has 1 aliphatic heterocycles. The Morgan fingerprint density at radius 3 is 2.60 bits per heavy atom. The molecule has 5 nitrogen and oxygen atoms in total. The van der Waals surface area contributed by atoms with E-state index in [4.69, 9.17) is 10.5 Å². The van der Waals surface area contributed by atoms with Gasteiger partial charge in [0, 0.05) is 39.1 Å². The molecular formula is C15H22N2O3. The smallest absolute Gasteiger partial charge is 0.224 e. The summed E-state index contributed by atoms with van der Waals surface area (Å²) >= 11 is 0. The van der Waals surface area contributed by atoms with Gasteiger partial charge in [0.15, 0.2) is 0 Å². The van der Waals surface area contributed by atoms with Crippen molar-refractivity contribution in [2.45, 2.75) is 31.4 Å². The van der Waals surface area contributed by atoms with Gasteiger partial charge in [0.1, 0.15) is 0 Å². The fourth-order valence-corrected chi connectivity index (χ4v) is 2.36. The number of hydrogen-bond donors (Lipinski definition) is 3. The maximum Gasteiger partial charge on any atom is 0.224 e. The largest absolute Gasteiger partial charge is 0.388 e. The van der Waals surface area contributed by atoms with E-state index in [2.05, 4.69) is 5.32 Å². The molecule has 1 fully saturated rings. The van der Waals surface area contributed by atoms with E-state index in [-0.39, 0.29) is 12.5 Å². The van der Waals surface area contributed by atoms with Gasteiger partial charge in [0.2, 0.25) is 5.91 Å². The molecule has 0 radical (unpaired) electrons. The first-order valence-corrected chi connectivity index (χ1v) is 6.97. The zero-order valence-electron chi connectivity index (χ0n) is 11.6. The van der Waals surface area contributed by atoms with Gasteiger partial charge < -0.3 is 20.9 Å². The molecule has 110 valence electrons. The third-order valence-corrected chi connectivity index (χ3v) is 3.73. The lowest BCUT2D eigenvalue weighted by atomic mass is 9.94. The van der Waals surface area contributed by atoms with Crippen LogP contribution in [0.25, 0.3) is 0 Å². The Labute approximate surface area is 119 Å². The van der Waals surface area contributed by atoms with Gasteiger partial charge in [-0.2, -0.15) is 0 Å². The van der Waals surface area contributed by atoms with Crippen molar-refractivity contribution < 1.29 is 14.6 Å². The predicted molar refractivity (Wildman–Crippen MR) is 76.0 cm³/mol. The van der Waals surface area contributed by atoms with Crippen molar-refractivity contribution in [3.63, 3.8) is 0 Å². The molecule has 0 unspecified atom stereocenters. The topological polar surface area (TPSA) is 84.6 Å². The first kappa shape index (κ1) is 15.0. The van der Waals surface area contributed by atoms with E-state index in [9.17, 15) is 9.90 Å². The van der Waals surface area contributed by atoms with Crippen LogP contribution in [0.2, 0.25) is 0 Å². The highest BCUT2D eigenvalue weighted by Crippen LogP contribution is 2.19. The number of carbonyl (C=O) groups excluding carboxylic acids is 1. The summed E-state index contributed by atoms with van der Waals surface area (Å²) in [7, 11) is 0. The summed E-state index contributed by atoms with van der Waals surface area (Å²) in [6.07, 6.45) is 1.42. The first-order chi connectivity index (χ1) is 9.63. The van der Waals surface area contributed by atoms with Crippen molar-refractivity contribution in [1.82, 2.24) is 5.32 Å². The maximum absolute atomic E-state index is 12.0. The van der Waals surface area contributed by atoms with E-state index in [1.54, 1.807) is 0 Å². The van der Waals surface area contributed by atoms with Crippen LogP contribution in [0.4, 0.5) is 0 Å². The van der Waals surface area contributed by atoms with Crippen LogP contribution in [0, 0.1) is 0 Å². The molecule has 1 saturated heterocycles. The van der Waals surface area contributed by atoms with Gasteiger partial charge in [-0.1, -0.05) is 24.3 Å². The molecule has 1 aromatic carbocycles. The Hall–Kier alpha value is -1.43. The molecule has 0 aliphatic carbocycles. The minimum atomic E-state index is -0.832. The molecule has 0 saturated carbocycles. The summed E-state index contributed by atoms with van der Waals surface area (Å²) in [6, 6.07) is 7.64. The molecule has 0 bridgehead atoms. The zero-order chi connectivity index (χ0) is 14.4. The van der Waals surface area contributed by atoms with Crippen LogP contribution < -0.4 is 11.1 Å². The van der Waals surface area contributed by atoms with Crippen LogP contribution in [0.3, 0.4) is 0 Å². The summed E-state index contributed by atoms with van der Waals surface area (Å²) in [6.45, 7) is 1.79. The molecule has 1 amide bonds. The highest BCUT2D eigenvalue weighted by molar-refractivity contribution is 5.79. The van der Waals surface area contributed by atoms with Gasteiger partial charge in [-0.3, -0.25) is 4.79 Å². The predicted octanol–water partition coefficient (Wildman–Crippen LogP) is 0.345. The summed E-state index contributed by atoms with van der Waals surface area (Å²) in [5, 5.41) is 13.1. The second-order valence-corrected chi connectivity index (χ2v) is 5.26. The molecule has 1 aromatic rings. The number of nitrogens with one attached hydrogen (secondary N) is 1. The van der Waals surface area contributed by atoms with Crippen LogP contribution >= 0.6 is 0 Å². The Kier molecular flexibility index (Phi) is 5.11. The summed E-state index contributed by atoms with van der Waals surface area (Å²) in [5.74, 6) is -0.0918. The van der Waals surface area contributed by atoms with E-state index in [0.717, 1.165) is 11.1 Å². The van der Waals surface area contributed by atoms with Crippen LogP contribution in [-0.2, 0) is 22.5 Å². The Bertz CT molecular complexity index is 456. The second kappa shape index (κ2) is 6.83. The lowest BCUT2D eigenvalue weighted by Crippen LogP contribution is -2.47. The number of hydrogen-bond acceptors (Lipinski definition) is 4. The van der Waals surface area contributed by atoms with Crippen LogP contribution in [-0.4, -0.2) is 36.4 Å². The fraction of sp³-hybridized carbons (Fsp3) is 0.533. The second-order valence-electron chi connectivity index (χ2n) is 5.26. The summed E-state index contributed by atoms with van der Waals surface area (Å²) < 4.78 is 5.21. The molecule has 0 spiro atoms. The lowest BCUT2D eigenvalue weighted by molar-refractivity contribution is -0.123. The molecule has 0 aromatic heterocycles. The molecular weight excluding hydrogens is 256 g/mol. The third kappa shape index (κ3) is 4.03. The van der Waals surface area contributed by atoms with Gasteiger partial charge in [0.25, 0.3) is 0 Å². The molecule has 5 heteroatoms. The molecule has 0 atom stereocenters. The van der Waals surface area contributed by atoms with Crippen molar-refractivity contribution in [3.05, 3.63) is 35.4 Å². The highest BCUT2D eigenvalue weighted by Gasteiger charge is 2.30. The number of rotatable bonds is 5. The van der Waals surface area contributed by atoms with Crippen LogP contribution in [0.15, 0.2) is 24.3 Å². The van der Waals surface area contributed by atoms with Crippen LogP contribution in [0.1, 0.15) is 24.0 Å². The van der Waals surface area contributed by atoms with Gasteiger partial charge in [-0.25, -0.2) is 0 Å². The quantitative estimate of drug-likeness (QED) is 0.725. The van der Waals surface area contributed by atoms with E-state index in [1.165, 1.54) is 0 Å². The lowest BCUT2D eigenvalue weighted by Gasteiger charge is -2.32. The van der Waals surface area contributed by atoms with Crippen molar-refractivity contribution in [3.8, 4) is 0 Å². The average molecular weight is 278 g/mol. The van der Waals surface area contributed by atoms with Crippen molar-refractivity contribution in [2.75, 3.05) is 19.8 Å². The van der Waals surface area contributed by atoms with Gasteiger partial charge in [-0.15, -0.1) is 0 Å². The number of benzene rings is 1. The number of nitrogens with two attached hydrogens (primary N) is 1. The van der Waals surface area contributed by atoms with Crippen LogP contribution in [0.5, 0.6) is 0 Å². The first-order valence-electron chi connectivity index (χ1n) is 6.97. The Balaban J connectivity index is 1.86. The van der Waals surface area contributed by atoms with Crippen molar-refractivity contribution in [2.24, 2.45) is 5.73 Å². The zero-order valence-corrected chi connectivity index (χ0v) is 11.6. The number of ether oxygens (including phenoxy) is 1. The van der Waals surface area contributed by atoms with Crippen molar-refractivity contribution in [1.29, 1.82) is 0 Å². The normalized spacial score (nSPS) is 17.7. The Morgan fingerprint density at radius 1 is 1.30 bits per heavy atom. The number of carbonyl (C=O) groups is 1.